The lowest BCUT2D eigenvalue weighted by atomic mass is 10.1. The zero-order valence-electron chi connectivity index (χ0n) is 7.72. The van der Waals surface area contributed by atoms with Crippen molar-refractivity contribution in [1.82, 2.24) is 0 Å². The van der Waals surface area contributed by atoms with Gasteiger partial charge in [-0.15, -0.1) is 6.42 Å². The van der Waals surface area contributed by atoms with Gasteiger partial charge in [0.25, 0.3) is 0 Å². The van der Waals surface area contributed by atoms with Crippen LogP contribution in [0.5, 0.6) is 0 Å². The Morgan fingerprint density at radius 3 is 2.58 bits per heavy atom. The third-order valence-electron chi connectivity index (χ3n) is 1.20. The maximum Gasteiger partial charge on any atom is 0.332 e. The molecule has 0 atom stereocenters. The number of esters is 1. The highest BCUT2D eigenvalue weighted by molar-refractivity contribution is 5.70. The minimum Gasteiger partial charge on any atom is -0.464 e. The molecule has 0 rings (SSSR count). The van der Waals surface area contributed by atoms with E-state index >= 15 is 0 Å². The molecule has 0 aromatic heterocycles. The quantitative estimate of drug-likeness (QED) is 0.466. The summed E-state index contributed by atoms with van der Waals surface area (Å²) in [6.45, 7) is 5.44. The van der Waals surface area contributed by atoms with E-state index in [1.165, 1.54) is 0 Å². The smallest absolute Gasteiger partial charge is 0.332 e. The van der Waals surface area contributed by atoms with Crippen molar-refractivity contribution in [3.63, 3.8) is 0 Å². The molecule has 0 saturated carbocycles. The molecule has 0 amide bonds. The summed E-state index contributed by atoms with van der Waals surface area (Å²) in [7, 11) is 0. The topological polar surface area (TPSA) is 35.5 Å². The van der Waals surface area contributed by atoms with Crippen LogP contribution < -0.4 is 0 Å². The van der Waals surface area contributed by atoms with Crippen LogP contribution in [0.15, 0.2) is 0 Å². The zero-order chi connectivity index (χ0) is 9.61. The van der Waals surface area contributed by atoms with Crippen LogP contribution in [-0.2, 0) is 14.3 Å². The van der Waals surface area contributed by atoms with Crippen molar-refractivity contribution in [3.05, 3.63) is 0 Å². The van der Waals surface area contributed by atoms with Crippen molar-refractivity contribution >= 4 is 5.97 Å². The summed E-state index contributed by atoms with van der Waals surface area (Å²) in [6, 6.07) is 0. The second kappa shape index (κ2) is 4.78. The summed E-state index contributed by atoms with van der Waals surface area (Å²) in [4.78, 5) is 10.8. The Kier molecular flexibility index (Phi) is 4.38. The third kappa shape index (κ3) is 4.75. The maximum absolute atomic E-state index is 10.8. The number of ether oxygens (including phenoxy) is 2. The predicted molar refractivity (Wildman–Crippen MR) is 45.5 cm³/mol. The maximum atomic E-state index is 10.8. The first-order valence-corrected chi connectivity index (χ1v) is 3.79. The molecule has 0 aliphatic carbocycles. The molecular weight excluding hydrogens is 156 g/mol. The lowest BCUT2D eigenvalue weighted by Crippen LogP contribution is -2.26. The molecule has 0 aromatic carbocycles. The van der Waals surface area contributed by atoms with E-state index in [9.17, 15) is 4.79 Å². The summed E-state index contributed by atoms with van der Waals surface area (Å²) in [6.07, 6.45) is 5.14. The lowest BCUT2D eigenvalue weighted by molar-refractivity contribution is -0.151. The molecule has 0 radical (unpaired) electrons. The van der Waals surface area contributed by atoms with Crippen molar-refractivity contribution in [2.24, 2.45) is 0 Å². The summed E-state index contributed by atoms with van der Waals surface area (Å²) >= 11 is 0. The Bertz CT molecular complexity index is 188. The third-order valence-corrected chi connectivity index (χ3v) is 1.20. The molecule has 3 heteroatoms. The number of hydrogen-bond donors (Lipinski definition) is 0. The summed E-state index contributed by atoms with van der Waals surface area (Å²) in [5.74, 6) is 2.02. The first-order chi connectivity index (χ1) is 5.52. The lowest BCUT2D eigenvalue weighted by Gasteiger charge is -2.17. The SMILES string of the molecule is C#CC(C)(C)OCC(=O)OCC. The minimum atomic E-state index is -0.702. The first kappa shape index (κ1) is 11.0. The van der Waals surface area contributed by atoms with Crippen LogP contribution in [0.2, 0.25) is 0 Å². The fourth-order valence-electron chi connectivity index (χ4n) is 0.484. The Labute approximate surface area is 73.0 Å². The number of carbonyl (C=O) groups is 1. The van der Waals surface area contributed by atoms with Gasteiger partial charge in [-0.3, -0.25) is 0 Å². The zero-order valence-corrected chi connectivity index (χ0v) is 7.72. The van der Waals surface area contributed by atoms with Crippen LogP contribution in [0.3, 0.4) is 0 Å². The molecule has 3 nitrogen and oxygen atoms in total. The van der Waals surface area contributed by atoms with Crippen LogP contribution in [0.4, 0.5) is 0 Å². The normalized spacial score (nSPS) is 10.5. The molecule has 0 unspecified atom stereocenters. The second-order valence-electron chi connectivity index (χ2n) is 2.75. The van der Waals surface area contributed by atoms with Crippen molar-refractivity contribution in [2.45, 2.75) is 26.4 Å². The Morgan fingerprint density at radius 1 is 1.58 bits per heavy atom. The van der Waals surface area contributed by atoms with E-state index in [-0.39, 0.29) is 12.6 Å². The highest BCUT2D eigenvalue weighted by Crippen LogP contribution is 2.06. The molecular formula is C9H14O3. The molecule has 0 fully saturated rings. The van der Waals surface area contributed by atoms with Gasteiger partial charge in [0.05, 0.1) is 6.61 Å². The molecule has 12 heavy (non-hydrogen) atoms. The second-order valence-corrected chi connectivity index (χ2v) is 2.75. The van der Waals surface area contributed by atoms with E-state index in [1.807, 2.05) is 0 Å². The predicted octanol–water partition coefficient (Wildman–Crippen LogP) is 0.978. The fourth-order valence-corrected chi connectivity index (χ4v) is 0.484. The van der Waals surface area contributed by atoms with Crippen molar-refractivity contribution in [2.75, 3.05) is 13.2 Å². The van der Waals surface area contributed by atoms with Gasteiger partial charge in [-0.25, -0.2) is 4.79 Å². The van der Waals surface area contributed by atoms with E-state index in [1.54, 1.807) is 20.8 Å². The van der Waals surface area contributed by atoms with Crippen LogP contribution in [0.25, 0.3) is 0 Å². The van der Waals surface area contributed by atoms with E-state index in [0.717, 1.165) is 0 Å². The standard InChI is InChI=1S/C9H14O3/c1-5-9(3,4)12-7-8(10)11-6-2/h1H,6-7H2,2-4H3. The molecule has 0 bridgehead atoms. The minimum absolute atomic E-state index is 0.0922. The van der Waals surface area contributed by atoms with Gasteiger partial charge in [-0.1, -0.05) is 5.92 Å². The molecule has 0 aromatic rings. The van der Waals surface area contributed by atoms with Crippen LogP contribution in [-0.4, -0.2) is 24.8 Å². The van der Waals surface area contributed by atoms with Gasteiger partial charge in [0.15, 0.2) is 0 Å². The number of rotatable bonds is 4. The summed E-state index contributed by atoms with van der Waals surface area (Å²) in [5.41, 5.74) is -0.702. The summed E-state index contributed by atoms with van der Waals surface area (Å²) in [5, 5.41) is 0. The molecule has 0 saturated heterocycles. The van der Waals surface area contributed by atoms with Gasteiger partial charge in [0.2, 0.25) is 0 Å². The van der Waals surface area contributed by atoms with E-state index < -0.39 is 5.60 Å². The van der Waals surface area contributed by atoms with Crippen molar-refractivity contribution in [3.8, 4) is 12.3 Å². The van der Waals surface area contributed by atoms with E-state index in [4.69, 9.17) is 11.2 Å². The largest absolute Gasteiger partial charge is 0.464 e. The highest BCUT2D eigenvalue weighted by Gasteiger charge is 2.16. The van der Waals surface area contributed by atoms with Gasteiger partial charge < -0.3 is 9.47 Å². The Morgan fingerprint density at radius 2 is 2.17 bits per heavy atom. The van der Waals surface area contributed by atoms with Crippen LogP contribution in [0, 0.1) is 12.3 Å². The van der Waals surface area contributed by atoms with Gasteiger partial charge in [0, 0.05) is 0 Å². The number of hydrogen-bond acceptors (Lipinski definition) is 3. The first-order valence-electron chi connectivity index (χ1n) is 3.79. The van der Waals surface area contributed by atoms with Crippen LogP contribution >= 0.6 is 0 Å². The molecule has 0 aliphatic rings. The van der Waals surface area contributed by atoms with E-state index in [2.05, 4.69) is 10.7 Å². The molecule has 0 aliphatic heterocycles. The van der Waals surface area contributed by atoms with Crippen molar-refractivity contribution < 1.29 is 14.3 Å². The van der Waals surface area contributed by atoms with Crippen LogP contribution in [0.1, 0.15) is 20.8 Å². The number of terminal acetylenes is 1. The van der Waals surface area contributed by atoms with Gasteiger partial charge in [-0.05, 0) is 20.8 Å². The molecule has 0 heterocycles. The average Bonchev–Trinajstić information content (AvgIpc) is 2.02. The monoisotopic (exact) mass is 170 g/mol. The highest BCUT2D eigenvalue weighted by atomic mass is 16.6. The fraction of sp³-hybridized carbons (Fsp3) is 0.667. The molecule has 68 valence electrons. The van der Waals surface area contributed by atoms with Gasteiger partial charge in [-0.2, -0.15) is 0 Å². The Hall–Kier alpha value is -1.01. The van der Waals surface area contributed by atoms with Gasteiger partial charge in [0.1, 0.15) is 12.2 Å². The number of carbonyl (C=O) groups excluding carboxylic acids is 1. The average molecular weight is 170 g/mol. The Balaban J connectivity index is 3.70. The summed E-state index contributed by atoms with van der Waals surface area (Å²) < 4.78 is 9.73. The van der Waals surface area contributed by atoms with Crippen molar-refractivity contribution in [1.29, 1.82) is 0 Å². The molecule has 0 N–H and O–H groups in total. The van der Waals surface area contributed by atoms with Gasteiger partial charge >= 0.3 is 5.97 Å². The molecule has 0 spiro atoms. The van der Waals surface area contributed by atoms with E-state index in [0.29, 0.717) is 6.61 Å².